The van der Waals surface area contributed by atoms with Crippen molar-refractivity contribution in [3.8, 4) is 0 Å². The molecule has 0 aliphatic carbocycles. The first kappa shape index (κ1) is 33.7. The van der Waals surface area contributed by atoms with Crippen LogP contribution in [0, 0.1) is 25.6 Å². The molecule has 0 unspecified atom stereocenters. The number of carbonyl (C=O) groups excluding carboxylic acids is 2. The van der Waals surface area contributed by atoms with Gasteiger partial charge in [0, 0.05) is 24.3 Å². The van der Waals surface area contributed by atoms with Crippen LogP contribution in [0.1, 0.15) is 80.0 Å². The van der Waals surface area contributed by atoms with Crippen molar-refractivity contribution in [2.24, 2.45) is 5.92 Å². The third kappa shape index (κ3) is 7.92. The fourth-order valence-corrected chi connectivity index (χ4v) is 5.46. The van der Waals surface area contributed by atoms with E-state index in [2.05, 4.69) is 10.4 Å². The zero-order chi connectivity index (χ0) is 33.1. The maximum atomic E-state index is 14.7. The van der Waals surface area contributed by atoms with Crippen LogP contribution in [0.4, 0.5) is 9.18 Å². The lowest BCUT2D eigenvalue weighted by Crippen LogP contribution is -2.43. The summed E-state index contributed by atoms with van der Waals surface area (Å²) in [4.78, 5) is 42.2. The number of benzene rings is 2. The Labute approximate surface area is 267 Å². The van der Waals surface area contributed by atoms with Gasteiger partial charge < -0.3 is 15.0 Å². The highest BCUT2D eigenvalue weighted by molar-refractivity contribution is 6.34. The Morgan fingerprint density at radius 3 is 2.40 bits per heavy atom. The summed E-state index contributed by atoms with van der Waals surface area (Å²) in [5, 5.41) is 7.48. The number of aromatic nitrogens is 3. The van der Waals surface area contributed by atoms with E-state index in [1.54, 1.807) is 56.2 Å². The van der Waals surface area contributed by atoms with E-state index in [1.165, 1.54) is 10.6 Å². The minimum Gasteiger partial charge on any atom is -0.444 e. The van der Waals surface area contributed by atoms with Crippen molar-refractivity contribution in [3.63, 3.8) is 0 Å². The molecule has 45 heavy (non-hydrogen) atoms. The van der Waals surface area contributed by atoms with Crippen molar-refractivity contribution in [1.29, 1.82) is 0 Å². The average molecular weight is 638 g/mol. The third-order valence-corrected chi connectivity index (χ3v) is 7.87. The lowest BCUT2D eigenvalue weighted by atomic mass is 9.96. The number of nitrogens with zero attached hydrogens (tertiary/aromatic N) is 4. The maximum absolute atomic E-state index is 14.7. The molecule has 4 rings (SSSR count). The van der Waals surface area contributed by atoms with E-state index in [1.807, 2.05) is 50.2 Å². The molecule has 11 heteroatoms. The lowest BCUT2D eigenvalue weighted by Gasteiger charge is -2.36. The Bertz CT molecular complexity index is 1740. The summed E-state index contributed by atoms with van der Waals surface area (Å²) in [6, 6.07) is 15.1. The fraction of sp³-hybridized carbons (Fsp3) is 0.412. The number of fused-ring (bicyclic) bond motifs is 1. The predicted octanol–water partition coefficient (Wildman–Crippen LogP) is 6.71. The Kier molecular flexibility index (Phi) is 10.4. The number of ether oxygens (including phenoxy) is 1. The molecule has 2 aromatic carbocycles. The zero-order valence-corrected chi connectivity index (χ0v) is 27.6. The van der Waals surface area contributed by atoms with Gasteiger partial charge in [0.15, 0.2) is 0 Å². The highest BCUT2D eigenvalue weighted by atomic mass is 35.5. The summed E-state index contributed by atoms with van der Waals surface area (Å²) in [5.74, 6) is -1.08. The van der Waals surface area contributed by atoms with Gasteiger partial charge in [0.05, 0.1) is 28.8 Å². The maximum Gasteiger partial charge on any atom is 0.407 e. The molecular weight excluding hydrogens is 597 g/mol. The fourth-order valence-electron chi connectivity index (χ4n) is 5.28. The Balaban J connectivity index is 1.82. The first-order chi connectivity index (χ1) is 21.2. The van der Waals surface area contributed by atoms with Crippen LogP contribution in [0.2, 0.25) is 5.02 Å². The molecule has 1 N–H and O–H groups in total. The molecule has 240 valence electrons. The van der Waals surface area contributed by atoms with Crippen LogP contribution in [0.15, 0.2) is 59.4 Å². The van der Waals surface area contributed by atoms with Crippen LogP contribution in [0.5, 0.6) is 0 Å². The molecule has 0 spiro atoms. The van der Waals surface area contributed by atoms with Crippen molar-refractivity contribution in [2.75, 3.05) is 13.1 Å². The Hall–Kier alpha value is -4.18. The summed E-state index contributed by atoms with van der Waals surface area (Å²) >= 11 is 6.62. The number of carbonyl (C=O) groups is 2. The van der Waals surface area contributed by atoms with E-state index in [9.17, 15) is 18.8 Å². The van der Waals surface area contributed by atoms with E-state index in [0.717, 1.165) is 5.56 Å². The van der Waals surface area contributed by atoms with Crippen LogP contribution in [0.25, 0.3) is 5.52 Å². The standard InChI is InChI=1S/C34H41ClFN5O4/c1-21(2)30(28-19-27-29(35)23(4)38-41(27)33(44)40(28)20-24-12-9-8-10-13-24)39(17-11-16-37-32(43)45-34(5,6)7)31(42)25-15-14-22(3)26(36)18-25/h8-10,12-15,18-19,21,30H,11,16-17,20H2,1-7H3,(H,37,43)/t30-/m1/s1. The van der Waals surface area contributed by atoms with Crippen molar-refractivity contribution < 1.29 is 18.7 Å². The van der Waals surface area contributed by atoms with E-state index in [-0.39, 0.29) is 31.1 Å². The SMILES string of the molecule is Cc1ccc(C(=O)N(CCCNC(=O)OC(C)(C)C)[C@@H](c2cc3c(Cl)c(C)nn3c(=O)n2Cc2ccccc2)C(C)C)cc1F. The molecule has 4 aromatic rings. The van der Waals surface area contributed by atoms with Crippen LogP contribution in [0.3, 0.4) is 0 Å². The van der Waals surface area contributed by atoms with E-state index in [0.29, 0.717) is 33.9 Å². The van der Waals surface area contributed by atoms with Gasteiger partial charge in [0.1, 0.15) is 11.4 Å². The second-order valence-electron chi connectivity index (χ2n) is 12.6. The highest BCUT2D eigenvalue weighted by Gasteiger charge is 2.32. The summed E-state index contributed by atoms with van der Waals surface area (Å²) in [5.41, 5.74) is 1.95. The normalized spacial score (nSPS) is 12.4. The van der Waals surface area contributed by atoms with E-state index < -0.39 is 35.2 Å². The number of alkyl carbamates (subject to hydrolysis) is 1. The second kappa shape index (κ2) is 13.9. The zero-order valence-electron chi connectivity index (χ0n) is 26.9. The van der Waals surface area contributed by atoms with Crippen LogP contribution >= 0.6 is 11.6 Å². The number of rotatable bonds is 10. The van der Waals surface area contributed by atoms with Crippen LogP contribution < -0.4 is 11.0 Å². The van der Waals surface area contributed by atoms with Crippen LogP contribution in [-0.4, -0.2) is 49.8 Å². The van der Waals surface area contributed by atoms with Gasteiger partial charge >= 0.3 is 11.8 Å². The van der Waals surface area contributed by atoms with Gasteiger partial charge in [-0.3, -0.25) is 9.36 Å². The summed E-state index contributed by atoms with van der Waals surface area (Å²) in [7, 11) is 0. The van der Waals surface area contributed by atoms with Gasteiger partial charge in [-0.2, -0.15) is 9.61 Å². The number of aryl methyl sites for hydroxylation is 2. The van der Waals surface area contributed by atoms with Gasteiger partial charge in [0.2, 0.25) is 0 Å². The molecule has 2 aromatic heterocycles. The van der Waals surface area contributed by atoms with Crippen molar-refractivity contribution >= 4 is 29.1 Å². The monoisotopic (exact) mass is 637 g/mol. The van der Waals surface area contributed by atoms with E-state index >= 15 is 0 Å². The molecule has 2 heterocycles. The predicted molar refractivity (Wildman–Crippen MR) is 173 cm³/mol. The largest absolute Gasteiger partial charge is 0.444 e. The second-order valence-corrected chi connectivity index (χ2v) is 12.9. The van der Waals surface area contributed by atoms with Crippen molar-refractivity contribution in [3.05, 3.63) is 104 Å². The minimum absolute atomic E-state index is 0.181. The summed E-state index contributed by atoms with van der Waals surface area (Å²) in [6.07, 6.45) is -0.186. The number of nitrogens with one attached hydrogen (secondary N) is 1. The first-order valence-electron chi connectivity index (χ1n) is 15.0. The van der Waals surface area contributed by atoms with Crippen LogP contribution in [-0.2, 0) is 11.3 Å². The smallest absolute Gasteiger partial charge is 0.407 e. The number of amides is 2. The van der Waals surface area contributed by atoms with Crippen molar-refractivity contribution in [1.82, 2.24) is 24.4 Å². The molecule has 0 bridgehead atoms. The number of hydrogen-bond donors (Lipinski definition) is 1. The summed E-state index contributed by atoms with van der Waals surface area (Å²) < 4.78 is 22.9. The molecule has 2 amide bonds. The van der Waals surface area contributed by atoms with Gasteiger partial charge in [-0.15, -0.1) is 0 Å². The van der Waals surface area contributed by atoms with Gasteiger partial charge in [0.25, 0.3) is 5.91 Å². The molecule has 0 saturated carbocycles. The molecular formula is C34H41ClFN5O4. The molecule has 0 radical (unpaired) electrons. The topological polar surface area (TPSA) is 97.9 Å². The van der Waals surface area contributed by atoms with Gasteiger partial charge in [-0.25, -0.2) is 14.0 Å². The average Bonchev–Trinajstić information content (AvgIpc) is 3.25. The van der Waals surface area contributed by atoms with Gasteiger partial charge in [-0.05, 0) is 76.3 Å². The molecule has 0 aliphatic heterocycles. The summed E-state index contributed by atoms with van der Waals surface area (Å²) in [6.45, 7) is 13.3. The lowest BCUT2D eigenvalue weighted by molar-refractivity contribution is 0.0520. The number of halogens is 2. The third-order valence-electron chi connectivity index (χ3n) is 7.41. The van der Waals surface area contributed by atoms with Gasteiger partial charge in [-0.1, -0.05) is 61.8 Å². The minimum atomic E-state index is -0.654. The highest BCUT2D eigenvalue weighted by Crippen LogP contribution is 2.33. The molecule has 1 atom stereocenters. The van der Waals surface area contributed by atoms with Crippen molar-refractivity contribution in [2.45, 2.75) is 73.1 Å². The molecule has 9 nitrogen and oxygen atoms in total. The first-order valence-corrected chi connectivity index (χ1v) is 15.4. The van der Waals surface area contributed by atoms with E-state index in [4.69, 9.17) is 16.3 Å². The Morgan fingerprint density at radius 1 is 1.09 bits per heavy atom. The molecule has 0 saturated heterocycles. The molecule has 0 aliphatic rings. The number of hydrogen-bond acceptors (Lipinski definition) is 5. The quantitative estimate of drug-likeness (QED) is 0.195. The Morgan fingerprint density at radius 2 is 1.78 bits per heavy atom. The molecule has 0 fully saturated rings.